The maximum atomic E-state index is 5.59. The molecule has 0 radical (unpaired) electrons. The topological polar surface area (TPSA) is 43.8 Å². The lowest BCUT2D eigenvalue weighted by Gasteiger charge is -2.07. The molecule has 0 amide bonds. The number of aryl methyl sites for hydroxylation is 1. The van der Waals surface area contributed by atoms with Crippen LogP contribution in [-0.2, 0) is 13.1 Å². The fraction of sp³-hybridized carbons (Fsp3) is 0.500. The predicted octanol–water partition coefficient (Wildman–Crippen LogP) is 1.62. The minimum Gasteiger partial charge on any atom is -0.331 e. The molecule has 0 aliphatic carbocycles. The normalized spacial score (nSPS) is 10.3. The van der Waals surface area contributed by atoms with Crippen molar-refractivity contribution >= 4 is 0 Å². The molecule has 3 heteroatoms. The van der Waals surface area contributed by atoms with E-state index in [1.165, 1.54) is 0 Å². The Morgan fingerprint density at radius 1 is 1.69 bits per heavy atom. The molecule has 0 aliphatic rings. The first-order chi connectivity index (χ1) is 6.29. The van der Waals surface area contributed by atoms with Crippen molar-refractivity contribution in [3.63, 3.8) is 0 Å². The van der Waals surface area contributed by atoms with Crippen LogP contribution in [0.2, 0.25) is 0 Å². The molecule has 0 atom stereocenters. The largest absolute Gasteiger partial charge is 0.331 e. The van der Waals surface area contributed by atoms with Crippen LogP contribution in [0.4, 0.5) is 0 Å². The van der Waals surface area contributed by atoms with Crippen LogP contribution in [0.3, 0.4) is 0 Å². The van der Waals surface area contributed by atoms with Crippen molar-refractivity contribution in [1.82, 2.24) is 9.55 Å². The van der Waals surface area contributed by atoms with Crippen LogP contribution >= 0.6 is 0 Å². The molecule has 13 heavy (non-hydrogen) atoms. The highest BCUT2D eigenvalue weighted by Gasteiger charge is 2.03. The van der Waals surface area contributed by atoms with Crippen molar-refractivity contribution in [2.24, 2.45) is 5.73 Å². The van der Waals surface area contributed by atoms with E-state index in [1.807, 2.05) is 19.2 Å². The molecule has 0 aliphatic heterocycles. The van der Waals surface area contributed by atoms with Gasteiger partial charge in [0, 0.05) is 19.3 Å². The van der Waals surface area contributed by atoms with Crippen molar-refractivity contribution in [2.45, 2.75) is 32.9 Å². The molecule has 1 rings (SSSR count). The van der Waals surface area contributed by atoms with Crippen molar-refractivity contribution in [2.75, 3.05) is 0 Å². The third-order valence-electron chi connectivity index (χ3n) is 2.14. The van der Waals surface area contributed by atoms with Crippen molar-refractivity contribution in [1.29, 1.82) is 0 Å². The van der Waals surface area contributed by atoms with Gasteiger partial charge in [-0.1, -0.05) is 6.08 Å². The maximum Gasteiger partial charge on any atom is 0.105 e. The average molecular weight is 179 g/mol. The van der Waals surface area contributed by atoms with Crippen LogP contribution < -0.4 is 5.73 Å². The molecule has 0 saturated carbocycles. The van der Waals surface area contributed by atoms with E-state index >= 15 is 0 Å². The molecule has 0 unspecified atom stereocenters. The molecular formula is C10H17N3. The summed E-state index contributed by atoms with van der Waals surface area (Å²) in [5.74, 6) is 1.05. The van der Waals surface area contributed by atoms with Crippen LogP contribution in [0.5, 0.6) is 0 Å². The molecular weight excluding hydrogens is 162 g/mol. The Morgan fingerprint density at radius 2 is 2.46 bits per heavy atom. The minimum atomic E-state index is 0.564. The summed E-state index contributed by atoms with van der Waals surface area (Å²) in [5, 5.41) is 0. The van der Waals surface area contributed by atoms with Crippen LogP contribution in [0, 0.1) is 6.92 Å². The van der Waals surface area contributed by atoms with E-state index in [9.17, 15) is 0 Å². The number of rotatable bonds is 5. The van der Waals surface area contributed by atoms with Gasteiger partial charge in [-0.2, -0.15) is 0 Å². The van der Waals surface area contributed by atoms with Crippen LogP contribution in [0.1, 0.15) is 24.4 Å². The number of hydrogen-bond acceptors (Lipinski definition) is 2. The SMILES string of the molecule is C=CCCCn1c(CN)cnc1C. The number of imidazole rings is 1. The fourth-order valence-electron chi connectivity index (χ4n) is 1.38. The average Bonchev–Trinajstić information content (AvgIpc) is 2.48. The highest BCUT2D eigenvalue weighted by atomic mass is 15.1. The minimum absolute atomic E-state index is 0.564. The van der Waals surface area contributed by atoms with Gasteiger partial charge < -0.3 is 10.3 Å². The lowest BCUT2D eigenvalue weighted by Crippen LogP contribution is -2.08. The molecule has 0 bridgehead atoms. The van der Waals surface area contributed by atoms with E-state index in [2.05, 4.69) is 16.1 Å². The highest BCUT2D eigenvalue weighted by molar-refractivity contribution is 5.03. The number of nitrogens with two attached hydrogens (primary N) is 1. The zero-order valence-corrected chi connectivity index (χ0v) is 8.16. The molecule has 3 nitrogen and oxygen atoms in total. The zero-order valence-electron chi connectivity index (χ0n) is 8.16. The Kier molecular flexibility index (Phi) is 3.71. The first-order valence-electron chi connectivity index (χ1n) is 4.61. The number of aromatic nitrogens is 2. The van der Waals surface area contributed by atoms with E-state index in [-0.39, 0.29) is 0 Å². The van der Waals surface area contributed by atoms with Gasteiger partial charge in [0.1, 0.15) is 5.82 Å². The molecule has 1 aromatic rings. The van der Waals surface area contributed by atoms with Gasteiger partial charge in [0.2, 0.25) is 0 Å². The molecule has 0 spiro atoms. The van der Waals surface area contributed by atoms with Gasteiger partial charge in [-0.15, -0.1) is 6.58 Å². The van der Waals surface area contributed by atoms with Gasteiger partial charge in [-0.3, -0.25) is 0 Å². The third-order valence-corrected chi connectivity index (χ3v) is 2.14. The summed E-state index contributed by atoms with van der Waals surface area (Å²) < 4.78 is 2.17. The van der Waals surface area contributed by atoms with Gasteiger partial charge in [0.05, 0.1) is 5.69 Å². The number of unbranched alkanes of at least 4 members (excludes halogenated alkanes) is 1. The first-order valence-corrected chi connectivity index (χ1v) is 4.61. The molecule has 0 aromatic carbocycles. The highest BCUT2D eigenvalue weighted by Crippen LogP contribution is 2.06. The summed E-state index contributed by atoms with van der Waals surface area (Å²) in [7, 11) is 0. The first kappa shape index (κ1) is 9.99. The van der Waals surface area contributed by atoms with E-state index in [0.29, 0.717) is 6.54 Å². The molecule has 0 fully saturated rings. The molecule has 2 N–H and O–H groups in total. The maximum absolute atomic E-state index is 5.59. The van der Waals surface area contributed by atoms with Crippen molar-refractivity contribution < 1.29 is 0 Å². The summed E-state index contributed by atoms with van der Waals surface area (Å²) in [6, 6.07) is 0. The lowest BCUT2D eigenvalue weighted by atomic mass is 10.3. The summed E-state index contributed by atoms with van der Waals surface area (Å²) in [5.41, 5.74) is 6.70. The van der Waals surface area contributed by atoms with Crippen LogP contribution in [0.25, 0.3) is 0 Å². The van der Waals surface area contributed by atoms with Crippen LogP contribution in [0.15, 0.2) is 18.9 Å². The third kappa shape index (κ3) is 2.42. The van der Waals surface area contributed by atoms with Gasteiger partial charge in [-0.05, 0) is 19.8 Å². The Balaban J connectivity index is 2.62. The van der Waals surface area contributed by atoms with E-state index in [4.69, 9.17) is 5.73 Å². The molecule has 72 valence electrons. The quantitative estimate of drug-likeness (QED) is 0.551. The number of allylic oxidation sites excluding steroid dienone is 1. The second-order valence-electron chi connectivity index (χ2n) is 3.08. The Bertz CT molecular complexity index is 276. The van der Waals surface area contributed by atoms with Gasteiger partial charge in [0.25, 0.3) is 0 Å². The molecule has 1 aromatic heterocycles. The van der Waals surface area contributed by atoms with E-state index in [1.54, 1.807) is 0 Å². The Labute approximate surface area is 79.3 Å². The summed E-state index contributed by atoms with van der Waals surface area (Å²) in [4.78, 5) is 4.22. The monoisotopic (exact) mass is 179 g/mol. The van der Waals surface area contributed by atoms with E-state index < -0.39 is 0 Å². The standard InChI is InChI=1S/C10H17N3/c1-3-4-5-6-13-9(2)12-8-10(13)7-11/h3,8H,1,4-7,11H2,2H3. The molecule has 1 heterocycles. The second kappa shape index (κ2) is 4.82. The summed E-state index contributed by atoms with van der Waals surface area (Å²) >= 11 is 0. The van der Waals surface area contributed by atoms with E-state index in [0.717, 1.165) is 30.9 Å². The summed E-state index contributed by atoms with van der Waals surface area (Å²) in [6.07, 6.45) is 5.94. The van der Waals surface area contributed by atoms with Crippen LogP contribution in [-0.4, -0.2) is 9.55 Å². The van der Waals surface area contributed by atoms with Crippen molar-refractivity contribution in [3.05, 3.63) is 30.4 Å². The number of nitrogens with zero attached hydrogens (tertiary/aromatic N) is 2. The number of hydrogen-bond donors (Lipinski definition) is 1. The van der Waals surface area contributed by atoms with Crippen molar-refractivity contribution in [3.8, 4) is 0 Å². The second-order valence-corrected chi connectivity index (χ2v) is 3.08. The smallest absolute Gasteiger partial charge is 0.105 e. The fourth-order valence-corrected chi connectivity index (χ4v) is 1.38. The lowest BCUT2D eigenvalue weighted by molar-refractivity contribution is 0.608. The Hall–Kier alpha value is -1.09. The summed E-state index contributed by atoms with van der Waals surface area (Å²) in [6.45, 7) is 7.26. The zero-order chi connectivity index (χ0) is 9.68. The molecule has 0 saturated heterocycles. The predicted molar refractivity (Wildman–Crippen MR) is 54.3 cm³/mol. The van der Waals surface area contributed by atoms with Gasteiger partial charge in [-0.25, -0.2) is 4.98 Å². The van der Waals surface area contributed by atoms with Gasteiger partial charge >= 0.3 is 0 Å². The van der Waals surface area contributed by atoms with Gasteiger partial charge in [0.15, 0.2) is 0 Å². The Morgan fingerprint density at radius 3 is 3.08 bits per heavy atom.